The molecule has 1 aromatic carbocycles. The van der Waals surface area contributed by atoms with Crippen LogP contribution in [0, 0.1) is 39.0 Å². The van der Waals surface area contributed by atoms with Crippen LogP contribution in [0.5, 0.6) is 0 Å². The molecule has 6 heteroatoms. The molecular weight excluding hydrogens is 369 g/mol. The maximum atomic E-state index is 9.30. The van der Waals surface area contributed by atoms with E-state index < -0.39 is 0 Å². The Morgan fingerprint density at radius 1 is 1.19 bits per heavy atom. The van der Waals surface area contributed by atoms with Crippen LogP contribution >= 0.6 is 23.2 Å². The van der Waals surface area contributed by atoms with Crippen LogP contribution in [0.2, 0.25) is 10.0 Å². The minimum absolute atomic E-state index is 0.327. The van der Waals surface area contributed by atoms with Gasteiger partial charge in [0.1, 0.15) is 17.4 Å². The van der Waals surface area contributed by atoms with Gasteiger partial charge in [0, 0.05) is 28.7 Å². The highest BCUT2D eigenvalue weighted by Crippen LogP contribution is 2.32. The minimum Gasteiger partial charge on any atom is -0.442 e. The smallest absolute Gasteiger partial charge is 0.237 e. The molecule has 0 amide bonds. The molecular formula is C20H17Cl2N3O. The number of aliphatic imine (C=N–C) groups is 1. The minimum atomic E-state index is 0.327. The van der Waals surface area contributed by atoms with E-state index in [-0.39, 0.29) is 0 Å². The predicted octanol–water partition coefficient (Wildman–Crippen LogP) is 6.23. The maximum Gasteiger partial charge on any atom is 0.237 e. The number of benzene rings is 1. The molecule has 0 aliphatic heterocycles. The molecule has 0 unspecified atom stereocenters. The van der Waals surface area contributed by atoms with Crippen LogP contribution in [-0.4, -0.2) is 10.8 Å². The Balaban J connectivity index is 2.06. The monoisotopic (exact) mass is 385 g/mol. The number of nitrogens with zero attached hydrogens (tertiary/aromatic N) is 3. The summed E-state index contributed by atoms with van der Waals surface area (Å²) in [6, 6.07) is 9.69. The van der Waals surface area contributed by atoms with Crippen LogP contribution in [0.25, 0.3) is 5.69 Å². The zero-order chi connectivity index (χ0) is 19.0. The summed E-state index contributed by atoms with van der Waals surface area (Å²) in [5.74, 6) is 1.03. The van der Waals surface area contributed by atoms with Crippen LogP contribution in [-0.2, 0) is 0 Å². The van der Waals surface area contributed by atoms with Crippen LogP contribution < -0.4 is 0 Å². The third-order valence-corrected chi connectivity index (χ3v) is 5.25. The van der Waals surface area contributed by atoms with Gasteiger partial charge in [-0.3, -0.25) is 0 Å². The van der Waals surface area contributed by atoms with Gasteiger partial charge < -0.3 is 8.98 Å². The Hall–Kier alpha value is -2.48. The van der Waals surface area contributed by atoms with Crippen molar-refractivity contribution in [3.63, 3.8) is 0 Å². The molecule has 0 aliphatic rings. The van der Waals surface area contributed by atoms with Crippen molar-refractivity contribution >= 4 is 35.3 Å². The lowest BCUT2D eigenvalue weighted by Crippen LogP contribution is -2.00. The Morgan fingerprint density at radius 3 is 2.62 bits per heavy atom. The number of aromatic nitrogens is 1. The SMILES string of the molecule is Cc1oc(N=Cc2cc(C)n(-c3cccc(Cl)c3Cl)c2C)c(C#N)c1C. The van der Waals surface area contributed by atoms with Crippen molar-refractivity contribution in [2.75, 3.05) is 0 Å². The highest BCUT2D eigenvalue weighted by molar-refractivity contribution is 6.43. The van der Waals surface area contributed by atoms with Gasteiger partial charge in [0.15, 0.2) is 0 Å². The molecule has 3 aromatic rings. The molecule has 0 saturated carbocycles. The van der Waals surface area contributed by atoms with Crippen molar-refractivity contribution in [2.24, 2.45) is 4.99 Å². The molecule has 2 heterocycles. The Morgan fingerprint density at radius 2 is 1.92 bits per heavy atom. The van der Waals surface area contributed by atoms with E-state index in [9.17, 15) is 5.26 Å². The first-order chi connectivity index (χ1) is 12.3. The second-order valence-electron chi connectivity index (χ2n) is 6.07. The molecule has 0 saturated heterocycles. The third kappa shape index (κ3) is 3.05. The zero-order valence-electron chi connectivity index (χ0n) is 14.9. The summed E-state index contributed by atoms with van der Waals surface area (Å²) in [5, 5.41) is 10.3. The Kier molecular flexibility index (Phi) is 4.95. The first kappa shape index (κ1) is 18.3. The van der Waals surface area contributed by atoms with E-state index in [4.69, 9.17) is 27.6 Å². The second-order valence-corrected chi connectivity index (χ2v) is 6.85. The molecule has 0 aliphatic carbocycles. The number of furan rings is 1. The fourth-order valence-corrected chi connectivity index (χ4v) is 3.29. The molecule has 26 heavy (non-hydrogen) atoms. The number of hydrogen-bond acceptors (Lipinski definition) is 3. The topological polar surface area (TPSA) is 54.2 Å². The number of aryl methyl sites for hydroxylation is 2. The first-order valence-electron chi connectivity index (χ1n) is 8.02. The molecule has 4 nitrogen and oxygen atoms in total. The first-order valence-corrected chi connectivity index (χ1v) is 8.78. The van der Waals surface area contributed by atoms with E-state index >= 15 is 0 Å². The average Bonchev–Trinajstić information content (AvgIpc) is 3.04. The lowest BCUT2D eigenvalue weighted by atomic mass is 10.2. The summed E-state index contributed by atoms with van der Waals surface area (Å²) in [4.78, 5) is 4.39. The fraction of sp³-hybridized carbons (Fsp3) is 0.200. The number of rotatable bonds is 3. The molecule has 3 rings (SSSR count). The molecule has 2 aromatic heterocycles. The van der Waals surface area contributed by atoms with Crippen LogP contribution in [0.4, 0.5) is 5.88 Å². The fourth-order valence-electron chi connectivity index (χ4n) is 2.91. The van der Waals surface area contributed by atoms with E-state index in [1.165, 1.54) is 0 Å². The van der Waals surface area contributed by atoms with Crippen molar-refractivity contribution in [1.82, 2.24) is 4.57 Å². The number of halogens is 2. The number of nitriles is 1. The molecule has 0 spiro atoms. The summed E-state index contributed by atoms with van der Waals surface area (Å²) < 4.78 is 7.62. The predicted molar refractivity (Wildman–Crippen MR) is 105 cm³/mol. The van der Waals surface area contributed by atoms with Crippen LogP contribution in [0.15, 0.2) is 33.7 Å². The van der Waals surface area contributed by atoms with E-state index in [1.54, 1.807) is 12.3 Å². The van der Waals surface area contributed by atoms with Gasteiger partial charge >= 0.3 is 0 Å². The molecule has 0 N–H and O–H groups in total. The van der Waals surface area contributed by atoms with Crippen molar-refractivity contribution in [3.8, 4) is 11.8 Å². The van der Waals surface area contributed by atoms with Gasteiger partial charge in [-0.2, -0.15) is 5.26 Å². The largest absolute Gasteiger partial charge is 0.442 e. The number of hydrogen-bond donors (Lipinski definition) is 0. The Labute approximate surface area is 162 Å². The standard InChI is InChI=1S/C20H17Cl2N3O/c1-11-8-15(10-24-20-16(9-23)12(2)14(4)26-20)13(3)25(11)18-7-5-6-17(21)19(18)22/h5-8,10H,1-4H3. The van der Waals surface area contributed by atoms with Gasteiger partial charge in [0.2, 0.25) is 5.88 Å². The summed E-state index contributed by atoms with van der Waals surface area (Å²) in [5.41, 5.74) is 4.97. The molecule has 132 valence electrons. The maximum absolute atomic E-state index is 9.30. The van der Waals surface area contributed by atoms with Crippen molar-refractivity contribution < 1.29 is 4.42 Å². The van der Waals surface area contributed by atoms with Gasteiger partial charge in [-0.05, 0) is 45.9 Å². The van der Waals surface area contributed by atoms with Gasteiger partial charge in [-0.15, -0.1) is 0 Å². The lowest BCUT2D eigenvalue weighted by Gasteiger charge is -2.12. The highest BCUT2D eigenvalue weighted by atomic mass is 35.5. The molecule has 0 fully saturated rings. The van der Waals surface area contributed by atoms with Crippen LogP contribution in [0.1, 0.15) is 33.8 Å². The Bertz CT molecular complexity index is 1070. The normalized spacial score (nSPS) is 11.3. The van der Waals surface area contributed by atoms with E-state index in [2.05, 4.69) is 11.1 Å². The van der Waals surface area contributed by atoms with Crippen molar-refractivity contribution in [2.45, 2.75) is 27.7 Å². The van der Waals surface area contributed by atoms with Gasteiger partial charge in [0.25, 0.3) is 0 Å². The summed E-state index contributed by atoms with van der Waals surface area (Å²) in [7, 11) is 0. The van der Waals surface area contributed by atoms with Crippen LogP contribution in [0.3, 0.4) is 0 Å². The lowest BCUT2D eigenvalue weighted by molar-refractivity contribution is 0.542. The van der Waals surface area contributed by atoms with Crippen molar-refractivity contribution in [1.29, 1.82) is 5.26 Å². The zero-order valence-corrected chi connectivity index (χ0v) is 16.4. The van der Waals surface area contributed by atoms with Crippen molar-refractivity contribution in [3.05, 3.63) is 68.1 Å². The molecule has 0 atom stereocenters. The van der Waals surface area contributed by atoms with E-state index in [0.29, 0.717) is 27.3 Å². The second kappa shape index (κ2) is 7.03. The van der Waals surface area contributed by atoms with E-state index in [0.717, 1.165) is 28.2 Å². The molecule has 0 radical (unpaired) electrons. The van der Waals surface area contributed by atoms with Gasteiger partial charge in [0.05, 0.1) is 15.7 Å². The van der Waals surface area contributed by atoms with Gasteiger partial charge in [-0.1, -0.05) is 29.3 Å². The highest BCUT2D eigenvalue weighted by Gasteiger charge is 2.15. The molecule has 0 bridgehead atoms. The van der Waals surface area contributed by atoms with E-state index in [1.807, 2.05) is 50.5 Å². The van der Waals surface area contributed by atoms with Gasteiger partial charge in [-0.25, -0.2) is 4.99 Å². The third-order valence-electron chi connectivity index (χ3n) is 4.44. The summed E-state index contributed by atoms with van der Waals surface area (Å²) in [6.07, 6.45) is 1.70. The summed E-state index contributed by atoms with van der Waals surface area (Å²) >= 11 is 12.5. The average molecular weight is 386 g/mol. The summed E-state index contributed by atoms with van der Waals surface area (Å²) in [6.45, 7) is 7.64. The quantitative estimate of drug-likeness (QED) is 0.501.